The van der Waals surface area contributed by atoms with Crippen molar-refractivity contribution < 1.29 is 49.8 Å². The van der Waals surface area contributed by atoms with Gasteiger partial charge in [-0.3, -0.25) is 9.48 Å². The number of aryl methyl sites for hydroxylation is 1. The van der Waals surface area contributed by atoms with Crippen molar-refractivity contribution in [3.8, 4) is 0 Å². The van der Waals surface area contributed by atoms with Crippen LogP contribution in [-0.2, 0) is 17.8 Å². The number of nitrogens with two attached hydrogens (primary N) is 1. The van der Waals surface area contributed by atoms with Gasteiger partial charge in [0.15, 0.2) is 11.3 Å². The van der Waals surface area contributed by atoms with Crippen LogP contribution >= 0.6 is 0 Å². The third-order valence-electron chi connectivity index (χ3n) is 5.74. The van der Waals surface area contributed by atoms with Crippen molar-refractivity contribution in [2.24, 2.45) is 12.8 Å². The number of carboxylic acids is 1. The normalized spacial score (nSPS) is 18.1. The fourth-order valence-corrected chi connectivity index (χ4v) is 3.77. The van der Waals surface area contributed by atoms with Gasteiger partial charge in [-0.1, -0.05) is 12.8 Å². The average molecular weight is 586 g/mol. The number of aliphatic carboxylic acids is 1. The van der Waals surface area contributed by atoms with Gasteiger partial charge >= 0.3 is 24.2 Å². The summed E-state index contributed by atoms with van der Waals surface area (Å²) in [5.74, 6) is -8.54. The molecule has 0 bridgehead atoms. The molecule has 0 aromatic carbocycles. The molecule has 1 saturated carbocycles. The molecule has 19 heteroatoms. The molecule has 5 N–H and O–H groups in total. The van der Waals surface area contributed by atoms with E-state index in [1.165, 1.54) is 4.52 Å². The number of nitrogens with one attached hydrogen (secondary N) is 2. The Balaban J connectivity index is 0.000000559. The van der Waals surface area contributed by atoms with Crippen LogP contribution in [0.25, 0.3) is 5.65 Å². The number of carboxylic acid groups (broad SMARTS) is 1. The average Bonchev–Trinajstić information content (AvgIpc) is 3.42. The molecule has 1 fully saturated rings. The van der Waals surface area contributed by atoms with Crippen LogP contribution < -0.4 is 16.4 Å². The highest BCUT2D eigenvalue weighted by molar-refractivity contribution is 6.08. The topological polar surface area (TPSA) is 152 Å². The van der Waals surface area contributed by atoms with E-state index in [0.717, 1.165) is 49.8 Å². The molecule has 40 heavy (non-hydrogen) atoms. The minimum atomic E-state index is -5.88. The van der Waals surface area contributed by atoms with Crippen LogP contribution in [-0.4, -0.2) is 65.8 Å². The molecule has 3 aromatic heterocycles. The van der Waals surface area contributed by atoms with E-state index >= 15 is 0 Å². The predicted molar refractivity (Wildman–Crippen MR) is 122 cm³/mol. The minimum absolute atomic E-state index is 0.00329. The minimum Gasteiger partial charge on any atom is -0.475 e. The van der Waals surface area contributed by atoms with E-state index in [-0.39, 0.29) is 23.3 Å². The van der Waals surface area contributed by atoms with Crippen molar-refractivity contribution in [1.29, 1.82) is 0 Å². The second-order valence-electron chi connectivity index (χ2n) is 8.73. The Morgan fingerprint density at radius 3 is 2.30 bits per heavy atom. The summed E-state index contributed by atoms with van der Waals surface area (Å²) in [6.07, 6.45) is -3.62. The summed E-state index contributed by atoms with van der Waals surface area (Å²) in [6.45, 7) is 0. The lowest BCUT2D eigenvalue weighted by Gasteiger charge is -2.29. The van der Waals surface area contributed by atoms with Gasteiger partial charge in [0.05, 0.1) is 11.9 Å². The zero-order valence-electron chi connectivity index (χ0n) is 20.4. The van der Waals surface area contributed by atoms with Crippen LogP contribution in [0, 0.1) is 0 Å². The quantitative estimate of drug-likeness (QED) is 0.331. The van der Waals surface area contributed by atoms with Crippen LogP contribution in [0.4, 0.5) is 46.6 Å². The first-order valence-electron chi connectivity index (χ1n) is 11.4. The zero-order chi connectivity index (χ0) is 30.0. The third kappa shape index (κ3) is 6.75. The molecule has 1 amide bonds. The van der Waals surface area contributed by atoms with Crippen LogP contribution in [0.15, 0.2) is 24.7 Å². The SMILES string of the molecule is Cn1cc(NC(=O)c2cnn3ccc(N[C@@H]4CCCC[C@@H]4N)nc23)c(C(F)(F)C(F)(F)F)n1.O=C(O)C(F)(F)F. The first-order valence-corrected chi connectivity index (χ1v) is 11.4. The van der Waals surface area contributed by atoms with Gasteiger partial charge in [-0.25, -0.2) is 14.3 Å². The van der Waals surface area contributed by atoms with E-state index in [0.29, 0.717) is 5.82 Å². The molecule has 2 atom stereocenters. The first kappa shape index (κ1) is 30.5. The van der Waals surface area contributed by atoms with E-state index in [9.17, 15) is 39.9 Å². The fourth-order valence-electron chi connectivity index (χ4n) is 3.77. The second-order valence-corrected chi connectivity index (χ2v) is 8.73. The number of aromatic nitrogens is 5. The van der Waals surface area contributed by atoms with Crippen molar-refractivity contribution in [2.75, 3.05) is 10.6 Å². The number of fused-ring (bicyclic) bond motifs is 1. The summed E-state index contributed by atoms with van der Waals surface area (Å²) >= 11 is 0. The largest absolute Gasteiger partial charge is 0.490 e. The van der Waals surface area contributed by atoms with Gasteiger partial charge in [-0.2, -0.15) is 45.3 Å². The van der Waals surface area contributed by atoms with Gasteiger partial charge in [-0.15, -0.1) is 0 Å². The van der Waals surface area contributed by atoms with Crippen molar-refractivity contribution in [2.45, 2.75) is 56.0 Å². The van der Waals surface area contributed by atoms with Gasteiger partial charge in [0, 0.05) is 31.5 Å². The van der Waals surface area contributed by atoms with E-state index in [1.807, 2.05) is 0 Å². The number of carbonyl (C=O) groups excluding carboxylic acids is 1. The Labute approximate surface area is 219 Å². The summed E-state index contributed by atoms with van der Waals surface area (Å²) in [6, 6.07) is 1.59. The molecule has 3 aromatic rings. The number of amides is 1. The number of rotatable bonds is 5. The zero-order valence-corrected chi connectivity index (χ0v) is 20.4. The number of carbonyl (C=O) groups is 2. The fraction of sp³-hybridized carbons (Fsp3) is 0.476. The van der Waals surface area contributed by atoms with Gasteiger partial charge in [-0.05, 0) is 18.9 Å². The molecule has 11 nitrogen and oxygen atoms in total. The molecular formula is C21H22F8N8O3. The van der Waals surface area contributed by atoms with Crippen LogP contribution in [0.2, 0.25) is 0 Å². The van der Waals surface area contributed by atoms with Gasteiger partial charge in [0.25, 0.3) is 5.91 Å². The van der Waals surface area contributed by atoms with Crippen molar-refractivity contribution >= 4 is 29.0 Å². The van der Waals surface area contributed by atoms with E-state index in [1.54, 1.807) is 12.3 Å². The number of alkyl halides is 8. The Bertz CT molecular complexity index is 1370. The molecule has 0 unspecified atom stereocenters. The molecule has 4 rings (SSSR count). The molecular weight excluding hydrogens is 564 g/mol. The summed E-state index contributed by atoms with van der Waals surface area (Å²) in [7, 11) is 1.16. The highest BCUT2D eigenvalue weighted by Crippen LogP contribution is 2.45. The summed E-state index contributed by atoms with van der Waals surface area (Å²) in [4.78, 5) is 26.0. The molecule has 1 aliphatic rings. The highest BCUT2D eigenvalue weighted by atomic mass is 19.4. The molecule has 220 valence electrons. The molecule has 0 radical (unpaired) electrons. The summed E-state index contributed by atoms with van der Waals surface area (Å²) in [5, 5.41) is 19.6. The molecule has 0 aliphatic heterocycles. The number of hydrogen-bond donors (Lipinski definition) is 4. The predicted octanol–water partition coefficient (Wildman–Crippen LogP) is 3.68. The maximum atomic E-state index is 13.9. The number of nitrogens with zero attached hydrogens (tertiary/aromatic N) is 5. The molecule has 3 heterocycles. The lowest BCUT2D eigenvalue weighted by atomic mass is 9.91. The highest BCUT2D eigenvalue weighted by Gasteiger charge is 2.61. The maximum Gasteiger partial charge on any atom is 0.490 e. The van der Waals surface area contributed by atoms with E-state index < -0.39 is 41.5 Å². The van der Waals surface area contributed by atoms with Gasteiger partial charge in [0.1, 0.15) is 11.4 Å². The first-order chi connectivity index (χ1) is 18.4. The molecule has 0 saturated heterocycles. The van der Waals surface area contributed by atoms with E-state index in [2.05, 4.69) is 25.8 Å². The lowest BCUT2D eigenvalue weighted by molar-refractivity contribution is -0.290. The second kappa shape index (κ2) is 11.2. The Morgan fingerprint density at radius 1 is 1.10 bits per heavy atom. The van der Waals surface area contributed by atoms with E-state index in [4.69, 9.17) is 15.6 Å². The van der Waals surface area contributed by atoms with Crippen LogP contribution in [0.1, 0.15) is 41.7 Å². The van der Waals surface area contributed by atoms with Crippen molar-refractivity contribution in [1.82, 2.24) is 24.4 Å². The lowest BCUT2D eigenvalue weighted by Crippen LogP contribution is -2.42. The Morgan fingerprint density at radius 2 is 1.73 bits per heavy atom. The standard InChI is InChI=1S/C19H21F5N8O.C2HF3O2/c1-31-9-13(15(30-31)18(20,21)19(22,23)24)28-17(33)10-8-26-32-7-6-14(29-16(10)32)27-12-5-3-2-4-11(12)25;3-2(4,5)1(6)7/h6-9,11-12H,2-5,25H2,1H3,(H,27,29)(H,28,33);(H,6,7)/t11-,12+;/m0./s1. The summed E-state index contributed by atoms with van der Waals surface area (Å²) in [5.41, 5.74) is 3.74. The number of anilines is 2. The monoisotopic (exact) mass is 586 g/mol. The summed E-state index contributed by atoms with van der Waals surface area (Å²) < 4.78 is 100. The van der Waals surface area contributed by atoms with Crippen molar-refractivity contribution in [3.63, 3.8) is 0 Å². The van der Waals surface area contributed by atoms with Gasteiger partial charge in [0.2, 0.25) is 0 Å². The molecule has 0 spiro atoms. The van der Waals surface area contributed by atoms with Crippen LogP contribution in [0.3, 0.4) is 0 Å². The Hall–Kier alpha value is -4.03. The third-order valence-corrected chi connectivity index (χ3v) is 5.74. The maximum absolute atomic E-state index is 13.9. The smallest absolute Gasteiger partial charge is 0.475 e. The number of halogens is 8. The van der Waals surface area contributed by atoms with Crippen molar-refractivity contribution in [3.05, 3.63) is 35.9 Å². The van der Waals surface area contributed by atoms with Gasteiger partial charge < -0.3 is 21.5 Å². The van der Waals surface area contributed by atoms with Crippen LogP contribution in [0.5, 0.6) is 0 Å². The Kier molecular flexibility index (Phi) is 8.56. The number of hydrogen-bond acceptors (Lipinski definition) is 7. The molecule has 1 aliphatic carbocycles.